The molecule has 0 bridgehead atoms. The predicted octanol–water partition coefficient (Wildman–Crippen LogP) is 3.68. The lowest BCUT2D eigenvalue weighted by Gasteiger charge is -2.19. The minimum Gasteiger partial charge on any atom is -0.342 e. The van der Waals surface area contributed by atoms with Crippen LogP contribution >= 0.6 is 23.1 Å². The topological polar surface area (TPSA) is 87.2 Å². The number of thioether (sulfide) groups is 1. The molecule has 1 aromatic heterocycles. The third-order valence-electron chi connectivity index (χ3n) is 3.94. The molecule has 3 amide bonds. The van der Waals surface area contributed by atoms with Gasteiger partial charge in [-0.15, -0.1) is 10.2 Å². The Morgan fingerprint density at radius 1 is 1.04 bits per heavy atom. The van der Waals surface area contributed by atoms with E-state index in [1.807, 2.05) is 23.1 Å². The summed E-state index contributed by atoms with van der Waals surface area (Å²) in [6, 6.07) is 8.80. The number of aromatic nitrogens is 2. The summed E-state index contributed by atoms with van der Waals surface area (Å²) in [7, 11) is 0. The number of carbonyl (C=O) groups excluding carboxylic acids is 2. The highest BCUT2D eigenvalue weighted by Crippen LogP contribution is 2.26. The molecule has 3 rings (SSSR count). The molecule has 138 valence electrons. The van der Waals surface area contributed by atoms with Crippen molar-refractivity contribution in [2.75, 3.05) is 29.5 Å². The van der Waals surface area contributed by atoms with Gasteiger partial charge in [0.25, 0.3) is 0 Å². The Bertz CT molecular complexity index is 730. The number of hydrogen-bond acceptors (Lipinski definition) is 6. The van der Waals surface area contributed by atoms with Crippen LogP contribution in [-0.2, 0) is 4.79 Å². The van der Waals surface area contributed by atoms with Gasteiger partial charge in [-0.25, -0.2) is 4.79 Å². The van der Waals surface area contributed by atoms with E-state index >= 15 is 0 Å². The first-order chi connectivity index (χ1) is 12.7. The molecule has 0 atom stereocenters. The third kappa shape index (κ3) is 5.70. The Morgan fingerprint density at radius 3 is 2.50 bits per heavy atom. The van der Waals surface area contributed by atoms with Crippen LogP contribution in [0.1, 0.15) is 25.7 Å². The van der Waals surface area contributed by atoms with Gasteiger partial charge in [0.2, 0.25) is 11.0 Å². The highest BCUT2D eigenvalue weighted by atomic mass is 32.2. The molecule has 1 aliphatic rings. The lowest BCUT2D eigenvalue weighted by Crippen LogP contribution is -2.33. The number of nitrogens with one attached hydrogen (secondary N) is 2. The Labute approximate surface area is 160 Å². The van der Waals surface area contributed by atoms with Gasteiger partial charge >= 0.3 is 6.03 Å². The van der Waals surface area contributed by atoms with Gasteiger partial charge in [0.05, 0.1) is 5.75 Å². The average molecular weight is 392 g/mol. The first-order valence-corrected chi connectivity index (χ1v) is 10.4. The second-order valence-corrected chi connectivity index (χ2v) is 8.10. The van der Waals surface area contributed by atoms with Crippen molar-refractivity contribution in [3.63, 3.8) is 0 Å². The van der Waals surface area contributed by atoms with Gasteiger partial charge in [-0.05, 0) is 25.0 Å². The van der Waals surface area contributed by atoms with E-state index in [-0.39, 0.29) is 11.9 Å². The second-order valence-electron chi connectivity index (χ2n) is 5.90. The molecule has 0 unspecified atom stereocenters. The summed E-state index contributed by atoms with van der Waals surface area (Å²) in [5.74, 6) is 0.494. The molecular formula is C17H21N5O2S2. The van der Waals surface area contributed by atoms with Crippen LogP contribution in [0.3, 0.4) is 0 Å². The summed E-state index contributed by atoms with van der Waals surface area (Å²) >= 11 is 2.63. The number of nitrogens with zero attached hydrogens (tertiary/aromatic N) is 3. The molecule has 1 fully saturated rings. The smallest absolute Gasteiger partial charge is 0.325 e. The minimum atomic E-state index is -0.371. The molecule has 9 heteroatoms. The van der Waals surface area contributed by atoms with Gasteiger partial charge in [0, 0.05) is 18.8 Å². The summed E-state index contributed by atoms with van der Waals surface area (Å²) in [4.78, 5) is 26.2. The molecule has 0 aliphatic carbocycles. The van der Waals surface area contributed by atoms with Gasteiger partial charge in [-0.1, -0.05) is 54.1 Å². The summed E-state index contributed by atoms with van der Waals surface area (Å²) in [6.45, 7) is 1.70. The quantitative estimate of drug-likeness (QED) is 0.600. The van der Waals surface area contributed by atoms with Crippen molar-refractivity contribution in [1.82, 2.24) is 15.1 Å². The molecule has 0 spiro atoms. The molecule has 7 nitrogen and oxygen atoms in total. The van der Waals surface area contributed by atoms with Gasteiger partial charge < -0.3 is 10.2 Å². The van der Waals surface area contributed by atoms with E-state index in [1.54, 1.807) is 12.1 Å². The van der Waals surface area contributed by atoms with Gasteiger partial charge in [0.1, 0.15) is 0 Å². The highest BCUT2D eigenvalue weighted by Gasteiger charge is 2.17. The Balaban J connectivity index is 1.45. The Kier molecular flexibility index (Phi) is 6.84. The normalized spacial score (nSPS) is 14.5. The standard InChI is InChI=1S/C17H21N5O2S2/c23-14(22-10-6-1-2-7-11-22)12-25-17-21-20-16(26-17)19-15(24)18-13-8-4-3-5-9-13/h3-5,8-9H,1-2,6-7,10-12H2,(H2,18,19,20,24). The molecule has 2 heterocycles. The number of anilines is 2. The van der Waals surface area contributed by atoms with Crippen LogP contribution in [-0.4, -0.2) is 45.9 Å². The van der Waals surface area contributed by atoms with Crippen molar-refractivity contribution in [2.24, 2.45) is 0 Å². The van der Waals surface area contributed by atoms with Crippen LogP contribution < -0.4 is 10.6 Å². The number of likely N-dealkylation sites (tertiary alicyclic amines) is 1. The fourth-order valence-electron chi connectivity index (χ4n) is 2.63. The van der Waals surface area contributed by atoms with Crippen molar-refractivity contribution < 1.29 is 9.59 Å². The molecular weight excluding hydrogens is 370 g/mol. The summed E-state index contributed by atoms with van der Waals surface area (Å²) in [5.41, 5.74) is 0.701. The van der Waals surface area contributed by atoms with Gasteiger partial charge in [0.15, 0.2) is 4.34 Å². The summed E-state index contributed by atoms with van der Waals surface area (Å²) in [6.07, 6.45) is 4.57. The first-order valence-electron chi connectivity index (χ1n) is 8.58. The third-order valence-corrected chi connectivity index (χ3v) is 5.89. The molecule has 26 heavy (non-hydrogen) atoms. The molecule has 1 saturated heterocycles. The largest absolute Gasteiger partial charge is 0.342 e. The number of hydrogen-bond donors (Lipinski definition) is 2. The van der Waals surface area contributed by atoms with E-state index in [4.69, 9.17) is 0 Å². The van der Waals surface area contributed by atoms with Gasteiger partial charge in [-0.2, -0.15) is 0 Å². The first kappa shape index (κ1) is 18.7. The van der Waals surface area contributed by atoms with Crippen molar-refractivity contribution in [2.45, 2.75) is 30.0 Å². The monoisotopic (exact) mass is 391 g/mol. The van der Waals surface area contributed by atoms with E-state index in [9.17, 15) is 9.59 Å². The van der Waals surface area contributed by atoms with Crippen LogP contribution in [0.15, 0.2) is 34.7 Å². The van der Waals surface area contributed by atoms with E-state index in [0.29, 0.717) is 20.9 Å². The van der Waals surface area contributed by atoms with Crippen molar-refractivity contribution in [3.8, 4) is 0 Å². The van der Waals surface area contributed by atoms with Crippen molar-refractivity contribution in [1.29, 1.82) is 0 Å². The summed E-state index contributed by atoms with van der Waals surface area (Å²) < 4.78 is 0.670. The number of para-hydroxylation sites is 1. The molecule has 1 aromatic carbocycles. The second kappa shape index (κ2) is 9.54. The van der Waals surface area contributed by atoms with Crippen molar-refractivity contribution >= 4 is 45.9 Å². The summed E-state index contributed by atoms with van der Waals surface area (Å²) in [5, 5.41) is 13.8. The predicted molar refractivity (Wildman–Crippen MR) is 105 cm³/mol. The maximum absolute atomic E-state index is 12.3. The fraction of sp³-hybridized carbons (Fsp3) is 0.412. The van der Waals surface area contributed by atoms with Crippen LogP contribution in [0.5, 0.6) is 0 Å². The SMILES string of the molecule is O=C(Nc1ccccc1)Nc1nnc(SCC(=O)N2CCCCCC2)s1. The Morgan fingerprint density at radius 2 is 1.77 bits per heavy atom. The number of urea groups is 1. The molecule has 1 aliphatic heterocycles. The number of amides is 3. The van der Waals surface area contributed by atoms with E-state index in [1.165, 1.54) is 35.9 Å². The van der Waals surface area contributed by atoms with E-state index in [0.717, 1.165) is 25.9 Å². The lowest BCUT2D eigenvalue weighted by molar-refractivity contribution is -0.128. The van der Waals surface area contributed by atoms with Crippen LogP contribution in [0.2, 0.25) is 0 Å². The van der Waals surface area contributed by atoms with Crippen molar-refractivity contribution in [3.05, 3.63) is 30.3 Å². The zero-order chi connectivity index (χ0) is 18.2. The van der Waals surface area contributed by atoms with Crippen LogP contribution in [0.25, 0.3) is 0 Å². The molecule has 2 N–H and O–H groups in total. The Hall–Kier alpha value is -2.13. The van der Waals surface area contributed by atoms with E-state index in [2.05, 4.69) is 20.8 Å². The maximum Gasteiger partial charge on any atom is 0.325 e. The zero-order valence-corrected chi connectivity index (χ0v) is 15.9. The molecule has 2 aromatic rings. The number of benzene rings is 1. The average Bonchev–Trinajstić information content (AvgIpc) is 2.91. The van der Waals surface area contributed by atoms with Crippen LogP contribution in [0.4, 0.5) is 15.6 Å². The van der Waals surface area contributed by atoms with E-state index < -0.39 is 0 Å². The maximum atomic E-state index is 12.3. The minimum absolute atomic E-state index is 0.142. The highest BCUT2D eigenvalue weighted by molar-refractivity contribution is 8.01. The lowest BCUT2D eigenvalue weighted by atomic mass is 10.2. The van der Waals surface area contributed by atoms with Gasteiger partial charge in [-0.3, -0.25) is 10.1 Å². The number of carbonyl (C=O) groups is 2. The molecule has 0 saturated carbocycles. The number of rotatable bonds is 5. The van der Waals surface area contributed by atoms with Crippen LogP contribution in [0, 0.1) is 0 Å². The molecule has 0 radical (unpaired) electrons. The zero-order valence-electron chi connectivity index (χ0n) is 14.3. The fourth-order valence-corrected chi connectivity index (χ4v) is 4.28.